The molecule has 1 atom stereocenters. The summed E-state index contributed by atoms with van der Waals surface area (Å²) in [5, 5.41) is 12.2. The van der Waals surface area contributed by atoms with Gasteiger partial charge in [-0.05, 0) is 33.6 Å². The van der Waals surface area contributed by atoms with E-state index in [0.29, 0.717) is 13.1 Å². The lowest BCUT2D eigenvalue weighted by Crippen LogP contribution is -2.54. The summed E-state index contributed by atoms with van der Waals surface area (Å²) in [7, 11) is 0. The zero-order valence-electron chi connectivity index (χ0n) is 9.27. The molecule has 2 rings (SSSR count). The zero-order chi connectivity index (χ0) is 12.3. The molecule has 1 fully saturated rings. The quantitative estimate of drug-likeness (QED) is 0.805. The van der Waals surface area contributed by atoms with E-state index in [2.05, 4.69) is 26.2 Å². The number of aromatic nitrogens is 1. The van der Waals surface area contributed by atoms with E-state index in [0.717, 1.165) is 23.3 Å². The lowest BCUT2D eigenvalue weighted by Gasteiger charge is -2.33. The van der Waals surface area contributed by atoms with Gasteiger partial charge in [-0.1, -0.05) is 0 Å². The lowest BCUT2D eigenvalue weighted by atomic mass is 10.1. The van der Waals surface area contributed by atoms with Crippen molar-refractivity contribution in [2.24, 2.45) is 0 Å². The molecule has 92 valence electrons. The van der Waals surface area contributed by atoms with Crippen LogP contribution in [0.2, 0.25) is 0 Å². The molecule has 17 heavy (non-hydrogen) atoms. The molecule has 2 heterocycles. The molecule has 1 saturated heterocycles. The van der Waals surface area contributed by atoms with Crippen molar-refractivity contribution in [2.75, 3.05) is 19.6 Å². The fourth-order valence-electron chi connectivity index (χ4n) is 1.95. The first kappa shape index (κ1) is 12.5. The predicted molar refractivity (Wildman–Crippen MR) is 66.6 cm³/mol. The second-order valence-corrected chi connectivity index (χ2v) is 4.83. The molecular weight excluding hydrogens is 286 g/mol. The van der Waals surface area contributed by atoms with Crippen LogP contribution in [0.25, 0.3) is 0 Å². The van der Waals surface area contributed by atoms with Gasteiger partial charge in [0.2, 0.25) is 0 Å². The van der Waals surface area contributed by atoms with E-state index in [1.54, 1.807) is 6.20 Å². The Morgan fingerprint density at radius 2 is 2.53 bits per heavy atom. The van der Waals surface area contributed by atoms with Gasteiger partial charge in [-0.15, -0.1) is 0 Å². The van der Waals surface area contributed by atoms with Gasteiger partial charge in [-0.25, -0.2) is 4.98 Å². The molecule has 5 nitrogen and oxygen atoms in total. The van der Waals surface area contributed by atoms with Gasteiger partial charge in [0.1, 0.15) is 10.6 Å². The first-order valence-corrected chi connectivity index (χ1v) is 6.24. The first-order chi connectivity index (χ1) is 8.16. The van der Waals surface area contributed by atoms with E-state index < -0.39 is 12.0 Å². The Morgan fingerprint density at radius 1 is 1.71 bits per heavy atom. The molecule has 1 aliphatic rings. The maximum absolute atomic E-state index is 11.1. The van der Waals surface area contributed by atoms with Crippen LogP contribution < -0.4 is 5.32 Å². The van der Waals surface area contributed by atoms with Crippen molar-refractivity contribution in [2.45, 2.75) is 12.6 Å². The minimum Gasteiger partial charge on any atom is -0.480 e. The lowest BCUT2D eigenvalue weighted by molar-refractivity contribution is -0.144. The van der Waals surface area contributed by atoms with E-state index in [1.165, 1.54) is 0 Å². The standard InChI is InChI=1S/C11H14BrN3O2/c12-10-5-8(1-2-14-10)7-15-4-3-13-6-9(15)11(16)17/h1-2,5,9,13H,3-4,6-7H2,(H,16,17). The number of nitrogens with one attached hydrogen (secondary N) is 1. The number of hydrogen-bond donors (Lipinski definition) is 2. The summed E-state index contributed by atoms with van der Waals surface area (Å²) in [6.07, 6.45) is 1.72. The van der Waals surface area contributed by atoms with E-state index in [9.17, 15) is 4.79 Å². The number of piperazine rings is 1. The monoisotopic (exact) mass is 299 g/mol. The highest BCUT2D eigenvalue weighted by atomic mass is 79.9. The van der Waals surface area contributed by atoms with Gasteiger partial charge >= 0.3 is 5.97 Å². The van der Waals surface area contributed by atoms with Gasteiger partial charge < -0.3 is 10.4 Å². The Balaban J connectivity index is 2.08. The predicted octanol–water partition coefficient (Wildman–Crippen LogP) is 0.703. The Hall–Kier alpha value is -0.980. The summed E-state index contributed by atoms with van der Waals surface area (Å²) in [6, 6.07) is 3.38. The second-order valence-electron chi connectivity index (χ2n) is 4.02. The third-order valence-electron chi connectivity index (χ3n) is 2.82. The summed E-state index contributed by atoms with van der Waals surface area (Å²) in [5.41, 5.74) is 1.07. The Bertz CT molecular complexity index is 413. The number of hydrogen-bond acceptors (Lipinski definition) is 4. The molecule has 0 amide bonds. The van der Waals surface area contributed by atoms with Crippen molar-refractivity contribution >= 4 is 21.9 Å². The third kappa shape index (κ3) is 3.24. The van der Waals surface area contributed by atoms with Crippen LogP contribution in [0.4, 0.5) is 0 Å². The number of carboxylic acids is 1. The number of carbonyl (C=O) groups is 1. The van der Waals surface area contributed by atoms with Crippen molar-refractivity contribution < 1.29 is 9.90 Å². The average molecular weight is 300 g/mol. The van der Waals surface area contributed by atoms with Crippen LogP contribution >= 0.6 is 15.9 Å². The highest BCUT2D eigenvalue weighted by molar-refractivity contribution is 9.10. The van der Waals surface area contributed by atoms with Crippen molar-refractivity contribution in [3.05, 3.63) is 28.5 Å². The highest BCUT2D eigenvalue weighted by Crippen LogP contribution is 2.13. The SMILES string of the molecule is O=C(O)C1CNCCN1Cc1ccnc(Br)c1. The zero-order valence-corrected chi connectivity index (χ0v) is 10.9. The van der Waals surface area contributed by atoms with Crippen molar-refractivity contribution in [1.82, 2.24) is 15.2 Å². The summed E-state index contributed by atoms with van der Waals surface area (Å²) in [6.45, 7) is 2.72. The molecule has 1 aliphatic heterocycles. The van der Waals surface area contributed by atoms with Crippen LogP contribution in [0.15, 0.2) is 22.9 Å². The number of rotatable bonds is 3. The van der Waals surface area contributed by atoms with E-state index >= 15 is 0 Å². The Kier molecular flexibility index (Phi) is 4.09. The molecule has 1 unspecified atom stereocenters. The molecule has 6 heteroatoms. The van der Waals surface area contributed by atoms with Crippen molar-refractivity contribution in [3.8, 4) is 0 Å². The Morgan fingerprint density at radius 3 is 3.24 bits per heavy atom. The van der Waals surface area contributed by atoms with Gasteiger partial charge in [-0.3, -0.25) is 9.69 Å². The number of aliphatic carboxylic acids is 1. The number of pyridine rings is 1. The molecule has 0 spiro atoms. The van der Waals surface area contributed by atoms with E-state index in [4.69, 9.17) is 5.11 Å². The summed E-state index contributed by atoms with van der Waals surface area (Å²) >= 11 is 3.31. The Labute approximate surface area is 108 Å². The first-order valence-electron chi connectivity index (χ1n) is 5.45. The average Bonchev–Trinajstić information content (AvgIpc) is 2.29. The van der Waals surface area contributed by atoms with E-state index in [-0.39, 0.29) is 0 Å². The molecule has 1 aromatic rings. The fraction of sp³-hybridized carbons (Fsp3) is 0.455. The molecule has 2 N–H and O–H groups in total. The van der Waals surface area contributed by atoms with Crippen LogP contribution in [0.3, 0.4) is 0 Å². The van der Waals surface area contributed by atoms with E-state index in [1.807, 2.05) is 17.0 Å². The number of nitrogens with zero attached hydrogens (tertiary/aromatic N) is 2. The maximum atomic E-state index is 11.1. The van der Waals surface area contributed by atoms with Gasteiger partial charge in [0.05, 0.1) is 0 Å². The topological polar surface area (TPSA) is 65.5 Å². The van der Waals surface area contributed by atoms with Crippen LogP contribution in [0, 0.1) is 0 Å². The smallest absolute Gasteiger partial charge is 0.322 e. The summed E-state index contributed by atoms with van der Waals surface area (Å²) in [5.74, 6) is -0.773. The molecule has 0 radical (unpaired) electrons. The molecule has 1 aromatic heterocycles. The molecule has 0 saturated carbocycles. The fourth-order valence-corrected chi connectivity index (χ4v) is 2.37. The molecule has 0 aromatic carbocycles. The van der Waals surface area contributed by atoms with Gasteiger partial charge in [-0.2, -0.15) is 0 Å². The number of halogens is 1. The van der Waals surface area contributed by atoms with Crippen molar-refractivity contribution in [1.29, 1.82) is 0 Å². The van der Waals surface area contributed by atoms with Crippen LogP contribution in [0.1, 0.15) is 5.56 Å². The maximum Gasteiger partial charge on any atom is 0.322 e. The van der Waals surface area contributed by atoms with Gasteiger partial charge in [0.25, 0.3) is 0 Å². The summed E-state index contributed by atoms with van der Waals surface area (Å²) < 4.78 is 0.775. The normalized spacial score (nSPS) is 21.4. The van der Waals surface area contributed by atoms with Crippen LogP contribution in [0.5, 0.6) is 0 Å². The molecular formula is C11H14BrN3O2. The minimum atomic E-state index is -0.773. The van der Waals surface area contributed by atoms with Crippen molar-refractivity contribution in [3.63, 3.8) is 0 Å². The highest BCUT2D eigenvalue weighted by Gasteiger charge is 2.28. The van der Waals surface area contributed by atoms with Crippen LogP contribution in [-0.4, -0.2) is 46.6 Å². The van der Waals surface area contributed by atoms with Crippen LogP contribution in [-0.2, 0) is 11.3 Å². The van der Waals surface area contributed by atoms with Gasteiger partial charge in [0.15, 0.2) is 0 Å². The second kappa shape index (κ2) is 5.57. The molecule has 0 aliphatic carbocycles. The minimum absolute atomic E-state index is 0.448. The van der Waals surface area contributed by atoms with Gasteiger partial charge in [0, 0.05) is 32.4 Å². The molecule has 0 bridgehead atoms. The summed E-state index contributed by atoms with van der Waals surface area (Å²) in [4.78, 5) is 17.1. The largest absolute Gasteiger partial charge is 0.480 e. The number of carboxylic acid groups (broad SMARTS) is 1. The third-order valence-corrected chi connectivity index (χ3v) is 3.25.